The molecular weight excluding hydrogens is 252 g/mol. The van der Waals surface area contributed by atoms with E-state index >= 15 is 0 Å². The Morgan fingerprint density at radius 1 is 1.35 bits per heavy atom. The molecule has 110 valence electrons. The molecule has 0 bridgehead atoms. The lowest BCUT2D eigenvalue weighted by Gasteiger charge is -2.29. The number of likely N-dealkylation sites (tertiary alicyclic amines) is 1. The highest BCUT2D eigenvalue weighted by atomic mass is 16.1. The number of hydrogen-bond donors (Lipinski definition) is 2. The molecule has 1 atom stereocenters. The van der Waals surface area contributed by atoms with E-state index < -0.39 is 0 Å². The van der Waals surface area contributed by atoms with Crippen LogP contribution in [0.25, 0.3) is 0 Å². The number of nitrogens with zero attached hydrogens (tertiary/aromatic N) is 2. The van der Waals surface area contributed by atoms with E-state index in [1.54, 1.807) is 13.1 Å². The first-order valence-electron chi connectivity index (χ1n) is 7.37. The fourth-order valence-electron chi connectivity index (χ4n) is 2.57. The first-order chi connectivity index (χ1) is 9.69. The van der Waals surface area contributed by atoms with Crippen molar-refractivity contribution in [1.29, 1.82) is 0 Å². The smallest absolute Gasteiger partial charge is 0.270 e. The van der Waals surface area contributed by atoms with Crippen molar-refractivity contribution in [3.05, 3.63) is 23.9 Å². The number of carbonyl (C=O) groups is 1. The van der Waals surface area contributed by atoms with E-state index in [4.69, 9.17) is 0 Å². The molecule has 1 amide bonds. The average molecular weight is 276 g/mol. The number of rotatable bonds is 5. The summed E-state index contributed by atoms with van der Waals surface area (Å²) in [6.07, 6.45) is 3.87. The molecule has 20 heavy (non-hydrogen) atoms. The molecule has 1 aromatic heterocycles. The Balaban J connectivity index is 1.86. The van der Waals surface area contributed by atoms with Gasteiger partial charge in [0.1, 0.15) is 11.5 Å². The van der Waals surface area contributed by atoms with E-state index in [1.807, 2.05) is 12.1 Å². The van der Waals surface area contributed by atoms with Gasteiger partial charge in [-0.25, -0.2) is 4.98 Å². The third kappa shape index (κ3) is 4.20. The van der Waals surface area contributed by atoms with Gasteiger partial charge in [-0.1, -0.05) is 12.5 Å². The lowest BCUT2D eigenvalue weighted by atomic mass is 10.1. The van der Waals surface area contributed by atoms with Gasteiger partial charge in [-0.15, -0.1) is 0 Å². The third-order valence-corrected chi connectivity index (χ3v) is 3.60. The second-order valence-corrected chi connectivity index (χ2v) is 5.39. The quantitative estimate of drug-likeness (QED) is 0.860. The number of nitrogens with one attached hydrogen (secondary N) is 2. The van der Waals surface area contributed by atoms with Crippen LogP contribution in [0, 0.1) is 0 Å². The van der Waals surface area contributed by atoms with Crippen LogP contribution in [-0.4, -0.2) is 48.5 Å². The average Bonchev–Trinajstić information content (AvgIpc) is 2.48. The Labute approximate surface area is 120 Å². The molecule has 5 heteroatoms. The first-order valence-corrected chi connectivity index (χ1v) is 7.37. The predicted octanol–water partition coefficient (Wildman–Crippen LogP) is 1.73. The summed E-state index contributed by atoms with van der Waals surface area (Å²) in [5.41, 5.74) is 0.461. The second-order valence-electron chi connectivity index (χ2n) is 5.39. The molecule has 1 aliphatic rings. The summed E-state index contributed by atoms with van der Waals surface area (Å²) in [7, 11) is 1.79. The van der Waals surface area contributed by atoms with E-state index in [0.717, 1.165) is 19.6 Å². The Morgan fingerprint density at radius 2 is 2.10 bits per heavy atom. The van der Waals surface area contributed by atoms with Crippen molar-refractivity contribution in [2.24, 2.45) is 0 Å². The van der Waals surface area contributed by atoms with Gasteiger partial charge in [-0.2, -0.15) is 0 Å². The number of hydrogen-bond acceptors (Lipinski definition) is 4. The van der Waals surface area contributed by atoms with Crippen LogP contribution in [0.15, 0.2) is 18.2 Å². The number of piperidine rings is 1. The van der Waals surface area contributed by atoms with Gasteiger partial charge in [0.2, 0.25) is 0 Å². The number of pyridine rings is 1. The second kappa shape index (κ2) is 7.24. The van der Waals surface area contributed by atoms with E-state index in [2.05, 4.69) is 27.4 Å². The van der Waals surface area contributed by atoms with E-state index in [0.29, 0.717) is 11.5 Å². The molecule has 2 heterocycles. The van der Waals surface area contributed by atoms with Crippen molar-refractivity contribution in [3.63, 3.8) is 0 Å². The summed E-state index contributed by atoms with van der Waals surface area (Å²) >= 11 is 0. The minimum absolute atomic E-state index is 0.105. The summed E-state index contributed by atoms with van der Waals surface area (Å²) in [6.45, 7) is 5.26. The molecule has 1 saturated heterocycles. The molecule has 2 N–H and O–H groups in total. The molecule has 0 radical (unpaired) electrons. The molecule has 0 aliphatic carbocycles. The zero-order valence-electron chi connectivity index (χ0n) is 12.4. The van der Waals surface area contributed by atoms with Gasteiger partial charge >= 0.3 is 0 Å². The molecule has 1 aliphatic heterocycles. The van der Waals surface area contributed by atoms with Gasteiger partial charge in [-0.3, -0.25) is 4.79 Å². The highest BCUT2D eigenvalue weighted by Crippen LogP contribution is 2.09. The third-order valence-electron chi connectivity index (χ3n) is 3.60. The number of aromatic nitrogens is 1. The molecule has 0 spiro atoms. The molecule has 1 fully saturated rings. The van der Waals surface area contributed by atoms with Crippen molar-refractivity contribution in [2.75, 3.05) is 32.0 Å². The standard InChI is InChI=1S/C15H24N4O/c1-12(11-19-9-4-3-5-10-19)17-15(20)13-7-6-8-14(16-2)18-13/h6-8,12H,3-5,9-11H2,1-2H3,(H,16,18)(H,17,20). The van der Waals surface area contributed by atoms with Crippen LogP contribution < -0.4 is 10.6 Å². The SMILES string of the molecule is CNc1cccc(C(=O)NC(C)CN2CCCCC2)n1. The fraction of sp³-hybridized carbons (Fsp3) is 0.600. The van der Waals surface area contributed by atoms with Gasteiger partial charge in [0.05, 0.1) is 0 Å². The zero-order valence-corrected chi connectivity index (χ0v) is 12.4. The van der Waals surface area contributed by atoms with Crippen molar-refractivity contribution >= 4 is 11.7 Å². The fourth-order valence-corrected chi connectivity index (χ4v) is 2.57. The Kier molecular flexibility index (Phi) is 5.35. The van der Waals surface area contributed by atoms with E-state index in [9.17, 15) is 4.79 Å². The topological polar surface area (TPSA) is 57.3 Å². The summed E-state index contributed by atoms with van der Waals surface area (Å²) < 4.78 is 0. The van der Waals surface area contributed by atoms with Crippen LogP contribution >= 0.6 is 0 Å². The van der Waals surface area contributed by atoms with Gasteiger partial charge in [0.25, 0.3) is 5.91 Å². The number of anilines is 1. The highest BCUT2D eigenvalue weighted by Gasteiger charge is 2.16. The summed E-state index contributed by atoms with van der Waals surface area (Å²) in [5.74, 6) is 0.605. The van der Waals surface area contributed by atoms with Crippen molar-refractivity contribution in [2.45, 2.75) is 32.2 Å². The molecule has 0 saturated carbocycles. The maximum atomic E-state index is 12.1. The largest absolute Gasteiger partial charge is 0.373 e. The van der Waals surface area contributed by atoms with Gasteiger partial charge in [-0.05, 0) is 45.0 Å². The lowest BCUT2D eigenvalue weighted by Crippen LogP contribution is -2.43. The summed E-state index contributed by atoms with van der Waals surface area (Å²) in [6, 6.07) is 5.56. The Morgan fingerprint density at radius 3 is 2.80 bits per heavy atom. The molecule has 5 nitrogen and oxygen atoms in total. The van der Waals surface area contributed by atoms with Crippen LogP contribution in [0.1, 0.15) is 36.7 Å². The van der Waals surface area contributed by atoms with Gasteiger partial charge in [0, 0.05) is 19.6 Å². The minimum atomic E-state index is -0.105. The van der Waals surface area contributed by atoms with Crippen LogP contribution in [0.3, 0.4) is 0 Å². The van der Waals surface area contributed by atoms with Crippen LogP contribution in [0.5, 0.6) is 0 Å². The monoisotopic (exact) mass is 276 g/mol. The molecule has 1 aromatic rings. The maximum absolute atomic E-state index is 12.1. The number of carbonyl (C=O) groups excluding carboxylic acids is 1. The zero-order chi connectivity index (χ0) is 14.4. The van der Waals surface area contributed by atoms with Gasteiger partial charge in [0.15, 0.2) is 0 Å². The molecule has 2 rings (SSSR count). The number of amides is 1. The molecular formula is C15H24N4O. The van der Waals surface area contributed by atoms with Crippen molar-refractivity contribution in [1.82, 2.24) is 15.2 Å². The van der Waals surface area contributed by atoms with Gasteiger partial charge < -0.3 is 15.5 Å². The Bertz CT molecular complexity index is 443. The first kappa shape index (κ1) is 14.8. The van der Waals surface area contributed by atoms with Crippen molar-refractivity contribution < 1.29 is 4.79 Å². The normalized spacial score (nSPS) is 17.5. The van der Waals surface area contributed by atoms with Crippen LogP contribution in [0.2, 0.25) is 0 Å². The molecule has 0 aromatic carbocycles. The molecule has 1 unspecified atom stereocenters. The Hall–Kier alpha value is -1.62. The lowest BCUT2D eigenvalue weighted by molar-refractivity contribution is 0.0921. The highest BCUT2D eigenvalue weighted by molar-refractivity contribution is 5.92. The van der Waals surface area contributed by atoms with E-state index in [1.165, 1.54) is 19.3 Å². The van der Waals surface area contributed by atoms with Crippen LogP contribution in [-0.2, 0) is 0 Å². The van der Waals surface area contributed by atoms with Crippen LogP contribution in [0.4, 0.5) is 5.82 Å². The van der Waals surface area contributed by atoms with E-state index in [-0.39, 0.29) is 11.9 Å². The summed E-state index contributed by atoms with van der Waals surface area (Å²) in [5, 5.41) is 5.97. The minimum Gasteiger partial charge on any atom is -0.373 e. The summed E-state index contributed by atoms with van der Waals surface area (Å²) in [4.78, 5) is 18.8. The maximum Gasteiger partial charge on any atom is 0.270 e. The van der Waals surface area contributed by atoms with Crippen molar-refractivity contribution in [3.8, 4) is 0 Å². The predicted molar refractivity (Wildman–Crippen MR) is 81.0 cm³/mol.